The Bertz CT molecular complexity index is 1030. The Morgan fingerprint density at radius 2 is 2.00 bits per heavy atom. The van der Waals surface area contributed by atoms with Gasteiger partial charge < -0.3 is 19.9 Å². The zero-order chi connectivity index (χ0) is 21.4. The van der Waals surface area contributed by atoms with Crippen LogP contribution < -0.4 is 10.9 Å². The minimum absolute atomic E-state index is 0.182. The maximum atomic E-state index is 12.2. The summed E-state index contributed by atoms with van der Waals surface area (Å²) in [5, 5.41) is 13.7. The number of benzene rings is 1. The first kappa shape index (κ1) is 21.5. The number of aromatic amines is 1. The zero-order valence-corrected chi connectivity index (χ0v) is 16.4. The molecule has 0 fully saturated rings. The molecule has 0 atom stereocenters. The van der Waals surface area contributed by atoms with Gasteiger partial charge in [-0.15, -0.1) is 0 Å². The normalized spacial score (nSPS) is 10.0. The number of aromatic nitrogens is 3. The topological polar surface area (TPSA) is 138 Å². The Hall–Kier alpha value is -3.75. The van der Waals surface area contributed by atoms with Crippen molar-refractivity contribution in [2.24, 2.45) is 0 Å². The molecule has 152 valence electrons. The van der Waals surface area contributed by atoms with Gasteiger partial charge in [0.05, 0.1) is 5.69 Å². The number of rotatable bonds is 5. The van der Waals surface area contributed by atoms with E-state index in [1.807, 2.05) is 31.2 Å². The average molecular weight is 398 g/mol. The number of nitrogens with zero attached hydrogens (tertiary/aromatic N) is 2. The molecule has 0 unspecified atom stereocenters. The number of anilines is 1. The van der Waals surface area contributed by atoms with Crippen molar-refractivity contribution in [2.45, 2.75) is 33.6 Å². The van der Waals surface area contributed by atoms with E-state index < -0.39 is 0 Å². The second kappa shape index (κ2) is 9.98. The molecule has 0 bridgehead atoms. The molecule has 0 radical (unpaired) electrons. The Balaban J connectivity index is 0.000000941. The monoisotopic (exact) mass is 398 g/mol. The summed E-state index contributed by atoms with van der Waals surface area (Å²) in [5.74, 6) is 0.738. The molecule has 0 saturated carbocycles. The van der Waals surface area contributed by atoms with E-state index in [0.29, 0.717) is 29.5 Å². The number of hydrogen-bond acceptors (Lipinski definition) is 6. The van der Waals surface area contributed by atoms with Crippen LogP contribution in [0.5, 0.6) is 0 Å². The van der Waals surface area contributed by atoms with Gasteiger partial charge in [0.25, 0.3) is 6.47 Å². The van der Waals surface area contributed by atoms with Crippen molar-refractivity contribution < 1.29 is 19.2 Å². The minimum atomic E-state index is -0.250. The van der Waals surface area contributed by atoms with E-state index in [1.165, 1.54) is 6.07 Å². The molecular weight excluding hydrogens is 376 g/mol. The minimum Gasteiger partial charge on any atom is -0.483 e. The lowest BCUT2D eigenvalue weighted by molar-refractivity contribution is -0.123. The third kappa shape index (κ3) is 6.13. The summed E-state index contributed by atoms with van der Waals surface area (Å²) >= 11 is 0. The van der Waals surface area contributed by atoms with E-state index in [0.717, 1.165) is 16.7 Å². The van der Waals surface area contributed by atoms with Gasteiger partial charge in [0.15, 0.2) is 0 Å². The van der Waals surface area contributed by atoms with Gasteiger partial charge in [0, 0.05) is 30.2 Å². The Morgan fingerprint density at radius 3 is 2.66 bits per heavy atom. The summed E-state index contributed by atoms with van der Waals surface area (Å²) in [6.45, 7) is 5.27. The fraction of sp³-hybridized carbons (Fsp3) is 0.250. The van der Waals surface area contributed by atoms with Crippen molar-refractivity contribution in [3.05, 3.63) is 63.4 Å². The molecule has 9 heteroatoms. The molecule has 1 aromatic carbocycles. The van der Waals surface area contributed by atoms with Gasteiger partial charge in [-0.3, -0.25) is 14.4 Å². The lowest BCUT2D eigenvalue weighted by Crippen LogP contribution is -2.17. The van der Waals surface area contributed by atoms with Gasteiger partial charge in [-0.2, -0.15) is 4.98 Å². The molecule has 29 heavy (non-hydrogen) atoms. The van der Waals surface area contributed by atoms with E-state index in [9.17, 15) is 9.59 Å². The van der Waals surface area contributed by atoms with Gasteiger partial charge in [-0.25, -0.2) is 0 Å². The molecule has 2 heterocycles. The van der Waals surface area contributed by atoms with Gasteiger partial charge in [0.2, 0.25) is 23.2 Å². The number of pyridine rings is 1. The Kier molecular flexibility index (Phi) is 7.41. The first-order chi connectivity index (χ1) is 13.8. The van der Waals surface area contributed by atoms with E-state index in [4.69, 9.17) is 14.4 Å². The molecule has 3 aromatic rings. The summed E-state index contributed by atoms with van der Waals surface area (Å²) in [5.41, 5.74) is 3.78. The van der Waals surface area contributed by atoms with Crippen molar-refractivity contribution in [1.29, 1.82) is 0 Å². The lowest BCUT2D eigenvalue weighted by atomic mass is 10.1. The van der Waals surface area contributed by atoms with Crippen molar-refractivity contribution in [2.75, 3.05) is 5.32 Å². The van der Waals surface area contributed by atoms with Crippen LogP contribution in [0.1, 0.15) is 29.1 Å². The highest BCUT2D eigenvalue weighted by Gasteiger charge is 2.13. The van der Waals surface area contributed by atoms with Crippen LogP contribution in [0.2, 0.25) is 0 Å². The first-order valence-corrected chi connectivity index (χ1v) is 8.82. The fourth-order valence-corrected chi connectivity index (χ4v) is 2.72. The predicted molar refractivity (Wildman–Crippen MR) is 107 cm³/mol. The Morgan fingerprint density at radius 1 is 1.28 bits per heavy atom. The van der Waals surface area contributed by atoms with E-state index in [1.54, 1.807) is 13.8 Å². The standard InChI is InChI=1S/C19H20N4O3.CH2O2/c1-11-5-4-6-14(9-11)19-22-17(26-23-19)8-7-15(24)21-18-12(2)10-16(25)20-13(18)3;2-1-3/h4-6,9-10H,7-8H2,1-3H3,(H,20,25)(H,21,24);1H,(H,2,3). The summed E-state index contributed by atoms with van der Waals surface area (Å²) < 4.78 is 5.23. The summed E-state index contributed by atoms with van der Waals surface area (Å²) in [7, 11) is 0. The average Bonchev–Trinajstić information content (AvgIpc) is 3.13. The number of amides is 1. The number of aryl methyl sites for hydroxylation is 4. The van der Waals surface area contributed by atoms with Crippen molar-refractivity contribution in [3.8, 4) is 11.4 Å². The highest BCUT2D eigenvalue weighted by Crippen LogP contribution is 2.18. The van der Waals surface area contributed by atoms with E-state index in [2.05, 4.69) is 20.4 Å². The summed E-state index contributed by atoms with van der Waals surface area (Å²) in [6, 6.07) is 9.27. The molecule has 0 spiro atoms. The highest BCUT2D eigenvalue weighted by molar-refractivity contribution is 5.92. The maximum absolute atomic E-state index is 12.2. The zero-order valence-electron chi connectivity index (χ0n) is 16.4. The Labute approximate surface area is 166 Å². The summed E-state index contributed by atoms with van der Waals surface area (Å²) in [6.07, 6.45) is 0.541. The second-order valence-corrected chi connectivity index (χ2v) is 6.35. The molecule has 0 aliphatic rings. The molecule has 1 amide bonds. The number of carbonyl (C=O) groups excluding carboxylic acids is 1. The molecule has 0 aliphatic carbocycles. The van der Waals surface area contributed by atoms with Crippen molar-refractivity contribution >= 4 is 18.1 Å². The van der Waals surface area contributed by atoms with Gasteiger partial charge in [0.1, 0.15) is 0 Å². The van der Waals surface area contributed by atoms with Gasteiger partial charge in [-0.05, 0) is 32.4 Å². The lowest BCUT2D eigenvalue weighted by Gasteiger charge is -2.10. The van der Waals surface area contributed by atoms with Crippen LogP contribution in [-0.2, 0) is 16.0 Å². The SMILES string of the molecule is Cc1cccc(-c2noc(CCC(=O)Nc3c(C)cc(=O)[nH]c3C)n2)c1.O=CO. The number of nitrogens with one attached hydrogen (secondary N) is 2. The van der Waals surface area contributed by atoms with Crippen LogP contribution in [0, 0.1) is 20.8 Å². The first-order valence-electron chi connectivity index (χ1n) is 8.82. The molecule has 2 aromatic heterocycles. The fourth-order valence-electron chi connectivity index (χ4n) is 2.72. The van der Waals surface area contributed by atoms with Gasteiger partial charge >= 0.3 is 0 Å². The molecule has 0 saturated heterocycles. The van der Waals surface area contributed by atoms with E-state index in [-0.39, 0.29) is 24.4 Å². The predicted octanol–water partition coefficient (Wildman–Crippen LogP) is 2.62. The second-order valence-electron chi connectivity index (χ2n) is 6.35. The van der Waals surface area contributed by atoms with Crippen molar-refractivity contribution in [3.63, 3.8) is 0 Å². The molecule has 0 aliphatic heterocycles. The van der Waals surface area contributed by atoms with Crippen LogP contribution in [0.3, 0.4) is 0 Å². The van der Waals surface area contributed by atoms with Crippen LogP contribution in [0.25, 0.3) is 11.4 Å². The quantitative estimate of drug-likeness (QED) is 0.562. The van der Waals surface area contributed by atoms with Crippen LogP contribution >= 0.6 is 0 Å². The largest absolute Gasteiger partial charge is 0.483 e. The van der Waals surface area contributed by atoms with Crippen LogP contribution in [0.4, 0.5) is 5.69 Å². The molecular formula is C20H22N4O5. The van der Waals surface area contributed by atoms with Crippen LogP contribution in [-0.4, -0.2) is 32.6 Å². The molecule has 9 nitrogen and oxygen atoms in total. The molecule has 3 rings (SSSR count). The number of hydrogen-bond donors (Lipinski definition) is 3. The third-order valence-corrected chi connectivity index (χ3v) is 4.00. The highest BCUT2D eigenvalue weighted by atomic mass is 16.5. The van der Waals surface area contributed by atoms with Crippen LogP contribution in [0.15, 0.2) is 39.6 Å². The van der Waals surface area contributed by atoms with Gasteiger partial charge in [-0.1, -0.05) is 28.9 Å². The van der Waals surface area contributed by atoms with E-state index >= 15 is 0 Å². The summed E-state index contributed by atoms with van der Waals surface area (Å²) in [4.78, 5) is 39.0. The number of H-pyrrole nitrogens is 1. The number of carbonyl (C=O) groups is 2. The molecule has 3 N–H and O–H groups in total. The van der Waals surface area contributed by atoms with Crippen molar-refractivity contribution in [1.82, 2.24) is 15.1 Å². The third-order valence-electron chi connectivity index (χ3n) is 4.00. The maximum Gasteiger partial charge on any atom is 0.290 e. The number of carboxylic acid groups (broad SMARTS) is 1. The smallest absolute Gasteiger partial charge is 0.290 e.